The van der Waals surface area contributed by atoms with E-state index in [1.54, 1.807) is 17.5 Å². The van der Waals surface area contributed by atoms with Crippen LogP contribution in [0.1, 0.15) is 58.3 Å². The Morgan fingerprint density at radius 3 is 2.72 bits per heavy atom. The first-order chi connectivity index (χ1) is 18.9. The second kappa shape index (κ2) is 10.4. The number of amides is 1. The molecule has 5 aromatic rings. The Balaban J connectivity index is 1.35. The van der Waals surface area contributed by atoms with Crippen molar-refractivity contribution in [2.75, 3.05) is 6.54 Å². The summed E-state index contributed by atoms with van der Waals surface area (Å²) in [4.78, 5) is 25.0. The van der Waals surface area contributed by atoms with Crippen LogP contribution in [0.5, 0.6) is 0 Å². The van der Waals surface area contributed by atoms with Crippen LogP contribution in [0.15, 0.2) is 69.9 Å². The van der Waals surface area contributed by atoms with Crippen molar-refractivity contribution in [1.29, 1.82) is 0 Å². The van der Waals surface area contributed by atoms with Crippen LogP contribution in [0.25, 0.3) is 22.0 Å². The molecule has 0 aliphatic carbocycles. The number of carbonyl (C=O) groups is 1. The minimum absolute atomic E-state index is 0.0193. The number of nitrogens with two attached hydrogens (primary N) is 1. The first-order valence-electron chi connectivity index (χ1n) is 12.8. The number of carbonyl (C=O) groups excluding carboxylic acids is 1. The van der Waals surface area contributed by atoms with Gasteiger partial charge in [0, 0.05) is 45.9 Å². The number of benzene rings is 2. The van der Waals surface area contributed by atoms with E-state index in [9.17, 15) is 4.79 Å². The van der Waals surface area contributed by atoms with Gasteiger partial charge in [-0.05, 0) is 56.9 Å². The Labute approximate surface area is 234 Å². The molecule has 2 atom stereocenters. The summed E-state index contributed by atoms with van der Waals surface area (Å²) in [7, 11) is 0. The van der Waals surface area contributed by atoms with Crippen molar-refractivity contribution in [3.05, 3.63) is 93.2 Å². The number of likely N-dealkylation sites (tertiary alicyclic amines) is 1. The minimum atomic E-state index is -0.854. The molecule has 1 aliphatic rings. The maximum Gasteiger partial charge on any atom is 0.254 e. The zero-order valence-corrected chi connectivity index (χ0v) is 23.3. The number of nitrogens with zero attached hydrogens (tertiary/aromatic N) is 5. The lowest BCUT2D eigenvalue weighted by atomic mass is 9.94. The summed E-state index contributed by atoms with van der Waals surface area (Å²) in [5, 5.41) is 14.4. The zero-order chi connectivity index (χ0) is 27.0. The average Bonchev–Trinajstić information content (AvgIpc) is 3.74. The Bertz CT molecular complexity index is 1590. The van der Waals surface area contributed by atoms with E-state index in [0.29, 0.717) is 35.9 Å². The van der Waals surface area contributed by atoms with Crippen molar-refractivity contribution in [3.8, 4) is 22.0 Å². The predicted octanol–water partition coefficient (Wildman–Crippen LogP) is 6.02. The van der Waals surface area contributed by atoms with Gasteiger partial charge in [0.05, 0.1) is 11.6 Å². The van der Waals surface area contributed by atoms with E-state index in [-0.39, 0.29) is 11.9 Å². The summed E-state index contributed by atoms with van der Waals surface area (Å²) < 4.78 is 6.14. The number of hydrogen-bond acceptors (Lipinski definition) is 9. The largest absolute Gasteiger partial charge is 0.419 e. The van der Waals surface area contributed by atoms with Crippen molar-refractivity contribution in [3.63, 3.8) is 0 Å². The highest BCUT2D eigenvalue weighted by Gasteiger charge is 2.33. The fourth-order valence-corrected chi connectivity index (χ4v) is 6.56. The van der Waals surface area contributed by atoms with Gasteiger partial charge in [0.2, 0.25) is 11.8 Å². The second-order valence-electron chi connectivity index (χ2n) is 10.1. The van der Waals surface area contributed by atoms with Gasteiger partial charge in [0.25, 0.3) is 5.91 Å². The lowest BCUT2D eigenvalue weighted by Gasteiger charge is -2.23. The van der Waals surface area contributed by atoms with Gasteiger partial charge in [-0.15, -0.1) is 32.9 Å². The standard InChI is InChI=1S/C29H28N6O2S2/c1-18-17-39-26(32-18)23-9-6-11-35(23)27(36)22-14-20(13-21(15-22)25-31-10-12-38-25)24-33-34-28(37-24)29(2,30)16-19-7-4-3-5-8-19/h3-5,7-8,10,12-15,17,23H,6,9,11,16,30H2,1-2H3/t23-,29?/m1/s1. The van der Waals surface area contributed by atoms with Crippen molar-refractivity contribution >= 4 is 28.6 Å². The molecule has 1 aliphatic heterocycles. The lowest BCUT2D eigenvalue weighted by Crippen LogP contribution is -2.35. The third-order valence-corrected chi connectivity index (χ3v) is 8.76. The smallest absolute Gasteiger partial charge is 0.254 e. The van der Waals surface area contributed by atoms with Crippen molar-refractivity contribution in [2.24, 2.45) is 5.73 Å². The number of thiazole rings is 2. The maximum absolute atomic E-state index is 13.9. The SMILES string of the molecule is Cc1csc([C@H]2CCCN2C(=O)c2cc(-c3nnc(C(C)(N)Cc4ccccc4)o3)cc(-c3nccs3)c2)n1. The van der Waals surface area contributed by atoms with Crippen LogP contribution in [0.2, 0.25) is 0 Å². The van der Waals surface area contributed by atoms with E-state index in [0.717, 1.165) is 39.7 Å². The predicted molar refractivity (Wildman–Crippen MR) is 152 cm³/mol. The number of aromatic nitrogens is 4. The molecule has 10 heteroatoms. The molecule has 8 nitrogen and oxygen atoms in total. The average molecular weight is 557 g/mol. The number of rotatable bonds is 7. The molecule has 6 rings (SSSR count). The van der Waals surface area contributed by atoms with Gasteiger partial charge in [0.15, 0.2) is 0 Å². The van der Waals surface area contributed by atoms with Gasteiger partial charge >= 0.3 is 0 Å². The topological polar surface area (TPSA) is 111 Å². The molecular formula is C29H28N6O2S2. The molecule has 4 heterocycles. The number of hydrogen-bond donors (Lipinski definition) is 1. The van der Waals surface area contributed by atoms with Crippen LogP contribution in [-0.4, -0.2) is 37.5 Å². The summed E-state index contributed by atoms with van der Waals surface area (Å²) in [5.41, 5.74) is 9.87. The van der Waals surface area contributed by atoms with Crippen molar-refractivity contribution in [2.45, 2.75) is 44.7 Å². The summed E-state index contributed by atoms with van der Waals surface area (Å²) in [5.74, 6) is 0.612. The molecule has 0 radical (unpaired) electrons. The fourth-order valence-electron chi connectivity index (χ4n) is 4.99. The van der Waals surface area contributed by atoms with Crippen LogP contribution in [0.3, 0.4) is 0 Å². The third-order valence-electron chi connectivity index (χ3n) is 6.87. The molecule has 1 saturated heterocycles. The van der Waals surface area contributed by atoms with Gasteiger partial charge in [-0.2, -0.15) is 0 Å². The molecule has 0 saturated carbocycles. The quantitative estimate of drug-likeness (QED) is 0.261. The molecule has 1 amide bonds. The summed E-state index contributed by atoms with van der Waals surface area (Å²) in [6, 6.07) is 15.6. The second-order valence-corrected chi connectivity index (χ2v) is 11.9. The van der Waals surface area contributed by atoms with Crippen LogP contribution in [-0.2, 0) is 12.0 Å². The zero-order valence-electron chi connectivity index (χ0n) is 21.7. The third kappa shape index (κ3) is 5.27. The van der Waals surface area contributed by atoms with E-state index in [1.807, 2.05) is 78.0 Å². The minimum Gasteiger partial charge on any atom is -0.419 e. The number of aryl methyl sites for hydroxylation is 1. The monoisotopic (exact) mass is 556 g/mol. The van der Waals surface area contributed by atoms with Crippen molar-refractivity contribution in [1.82, 2.24) is 25.1 Å². The van der Waals surface area contributed by atoms with E-state index in [1.165, 1.54) is 11.3 Å². The van der Waals surface area contributed by atoms with Crippen LogP contribution in [0, 0.1) is 6.92 Å². The van der Waals surface area contributed by atoms with Crippen LogP contribution < -0.4 is 5.73 Å². The Morgan fingerprint density at radius 2 is 1.97 bits per heavy atom. The van der Waals surface area contributed by atoms with Crippen molar-refractivity contribution < 1.29 is 9.21 Å². The normalized spacial score (nSPS) is 16.9. The molecule has 0 bridgehead atoms. The Morgan fingerprint density at radius 1 is 1.15 bits per heavy atom. The molecule has 0 spiro atoms. The molecule has 3 aromatic heterocycles. The molecular weight excluding hydrogens is 528 g/mol. The van der Waals surface area contributed by atoms with Crippen LogP contribution >= 0.6 is 22.7 Å². The van der Waals surface area contributed by atoms with E-state index < -0.39 is 5.54 Å². The van der Waals surface area contributed by atoms with Crippen LogP contribution in [0.4, 0.5) is 0 Å². The summed E-state index contributed by atoms with van der Waals surface area (Å²) in [6.45, 7) is 4.55. The molecule has 198 valence electrons. The molecule has 1 fully saturated rings. The first kappa shape index (κ1) is 25.5. The highest BCUT2D eigenvalue weighted by Crippen LogP contribution is 2.37. The molecule has 2 N–H and O–H groups in total. The Kier molecular flexibility index (Phi) is 6.84. The van der Waals surface area contributed by atoms with Gasteiger partial charge in [-0.25, -0.2) is 9.97 Å². The van der Waals surface area contributed by atoms with E-state index >= 15 is 0 Å². The van der Waals surface area contributed by atoms with Gasteiger partial charge in [-0.3, -0.25) is 4.79 Å². The maximum atomic E-state index is 13.9. The van der Waals surface area contributed by atoms with E-state index in [2.05, 4.69) is 20.2 Å². The Hall–Kier alpha value is -3.73. The molecule has 2 aromatic carbocycles. The summed E-state index contributed by atoms with van der Waals surface area (Å²) >= 11 is 3.12. The van der Waals surface area contributed by atoms with Gasteiger partial charge in [-0.1, -0.05) is 30.3 Å². The fraction of sp³-hybridized carbons (Fsp3) is 0.276. The lowest BCUT2D eigenvalue weighted by molar-refractivity contribution is 0.0735. The molecule has 39 heavy (non-hydrogen) atoms. The van der Waals surface area contributed by atoms with E-state index in [4.69, 9.17) is 10.2 Å². The van der Waals surface area contributed by atoms with Gasteiger partial charge in [0.1, 0.15) is 10.0 Å². The highest BCUT2D eigenvalue weighted by atomic mass is 32.1. The first-order valence-corrected chi connectivity index (χ1v) is 14.6. The highest BCUT2D eigenvalue weighted by molar-refractivity contribution is 7.13. The molecule has 1 unspecified atom stereocenters. The van der Waals surface area contributed by atoms with Gasteiger partial charge < -0.3 is 15.1 Å². The summed E-state index contributed by atoms with van der Waals surface area (Å²) in [6.07, 6.45) is 4.15.